The van der Waals surface area contributed by atoms with Crippen molar-refractivity contribution in [1.29, 1.82) is 0 Å². The molecule has 0 radical (unpaired) electrons. The van der Waals surface area contributed by atoms with Gasteiger partial charge in [0.2, 0.25) is 5.91 Å². The molecule has 28 heavy (non-hydrogen) atoms. The van der Waals surface area contributed by atoms with Gasteiger partial charge in [-0.2, -0.15) is 0 Å². The molecule has 3 heterocycles. The van der Waals surface area contributed by atoms with Crippen LogP contribution in [0, 0.1) is 0 Å². The Balaban J connectivity index is 1.21. The second kappa shape index (κ2) is 8.08. The lowest BCUT2D eigenvalue weighted by atomic mass is 10.0. The summed E-state index contributed by atoms with van der Waals surface area (Å²) in [6, 6.07) is 11.3. The Kier molecular flexibility index (Phi) is 5.18. The molecule has 2 aromatic heterocycles. The number of aromatic nitrogens is 3. The van der Waals surface area contributed by atoms with E-state index in [0.29, 0.717) is 18.7 Å². The standard InChI is InChI=1S/C20H21N5O3/c26-19-9-7-14-6-8-15(12-16(14)22-19)28-13-20(27)21-10-3-5-18-24-23-17-4-1-2-11-25(17)18/h1-2,4,6,8,11-12H,3,5,7,9-10,13H2,(H,21,27)(H,22,26). The Labute approximate surface area is 161 Å². The SMILES string of the molecule is O=C(COc1ccc2c(c1)NC(=O)CC2)NCCCc1nnc2ccccn12. The summed E-state index contributed by atoms with van der Waals surface area (Å²) in [5.74, 6) is 1.25. The summed E-state index contributed by atoms with van der Waals surface area (Å²) in [6.45, 7) is 0.463. The molecule has 0 spiro atoms. The molecule has 8 nitrogen and oxygen atoms in total. The normalized spacial score (nSPS) is 13.1. The summed E-state index contributed by atoms with van der Waals surface area (Å²) in [5.41, 5.74) is 2.66. The van der Waals surface area contributed by atoms with Gasteiger partial charge in [0.1, 0.15) is 11.6 Å². The van der Waals surface area contributed by atoms with Crippen LogP contribution in [0.5, 0.6) is 5.75 Å². The minimum absolute atomic E-state index is 0.00264. The summed E-state index contributed by atoms with van der Waals surface area (Å²) in [5, 5.41) is 13.9. The Morgan fingerprint density at radius 3 is 3.07 bits per heavy atom. The van der Waals surface area contributed by atoms with Crippen LogP contribution in [0.2, 0.25) is 0 Å². The molecule has 0 saturated heterocycles. The number of amides is 2. The molecule has 3 aromatic rings. The van der Waals surface area contributed by atoms with Crippen LogP contribution >= 0.6 is 0 Å². The van der Waals surface area contributed by atoms with Crippen molar-refractivity contribution in [1.82, 2.24) is 19.9 Å². The van der Waals surface area contributed by atoms with E-state index in [1.807, 2.05) is 40.9 Å². The maximum absolute atomic E-state index is 12.0. The molecule has 0 fully saturated rings. The molecule has 0 atom stereocenters. The van der Waals surface area contributed by atoms with Crippen molar-refractivity contribution in [2.24, 2.45) is 0 Å². The molecule has 1 aromatic carbocycles. The quantitative estimate of drug-likeness (QED) is 0.610. The number of hydrogen-bond donors (Lipinski definition) is 2. The number of carbonyl (C=O) groups is 2. The number of nitrogens with one attached hydrogen (secondary N) is 2. The molecular formula is C20H21N5O3. The number of ether oxygens (including phenoxy) is 1. The van der Waals surface area contributed by atoms with Gasteiger partial charge in [0.25, 0.3) is 5.91 Å². The van der Waals surface area contributed by atoms with E-state index < -0.39 is 0 Å². The summed E-state index contributed by atoms with van der Waals surface area (Å²) < 4.78 is 7.48. The van der Waals surface area contributed by atoms with Crippen molar-refractivity contribution < 1.29 is 14.3 Å². The van der Waals surface area contributed by atoms with Crippen LogP contribution in [0.4, 0.5) is 5.69 Å². The molecular weight excluding hydrogens is 358 g/mol. The van der Waals surface area contributed by atoms with Gasteiger partial charge >= 0.3 is 0 Å². The molecule has 0 unspecified atom stereocenters. The van der Waals surface area contributed by atoms with Gasteiger partial charge in [0.15, 0.2) is 12.3 Å². The van der Waals surface area contributed by atoms with Gasteiger partial charge in [0, 0.05) is 37.3 Å². The zero-order valence-corrected chi connectivity index (χ0v) is 15.4. The predicted octanol–water partition coefficient (Wildman–Crippen LogP) is 1.74. The predicted molar refractivity (Wildman–Crippen MR) is 103 cm³/mol. The molecule has 8 heteroatoms. The van der Waals surface area contributed by atoms with E-state index in [9.17, 15) is 9.59 Å². The van der Waals surface area contributed by atoms with E-state index >= 15 is 0 Å². The zero-order chi connectivity index (χ0) is 19.3. The average molecular weight is 379 g/mol. The van der Waals surface area contributed by atoms with Crippen molar-refractivity contribution in [3.05, 3.63) is 54.0 Å². The third-order valence-corrected chi connectivity index (χ3v) is 4.63. The van der Waals surface area contributed by atoms with Gasteiger partial charge in [-0.15, -0.1) is 10.2 Å². The van der Waals surface area contributed by atoms with Crippen LogP contribution in [-0.2, 0) is 22.4 Å². The van der Waals surface area contributed by atoms with Gasteiger partial charge in [-0.25, -0.2) is 0 Å². The molecule has 144 valence electrons. The summed E-state index contributed by atoms with van der Waals surface area (Å²) in [4.78, 5) is 23.5. The van der Waals surface area contributed by atoms with Crippen molar-refractivity contribution in [2.45, 2.75) is 25.7 Å². The first kappa shape index (κ1) is 18.0. The molecule has 2 N–H and O–H groups in total. The van der Waals surface area contributed by atoms with E-state index in [2.05, 4.69) is 20.8 Å². The highest BCUT2D eigenvalue weighted by atomic mass is 16.5. The summed E-state index contributed by atoms with van der Waals surface area (Å²) in [6.07, 6.45) is 4.63. The monoisotopic (exact) mass is 379 g/mol. The van der Waals surface area contributed by atoms with Crippen LogP contribution in [0.25, 0.3) is 5.65 Å². The number of aryl methyl sites for hydroxylation is 2. The number of benzene rings is 1. The van der Waals surface area contributed by atoms with Crippen molar-refractivity contribution in [3.63, 3.8) is 0 Å². The van der Waals surface area contributed by atoms with Crippen molar-refractivity contribution >= 4 is 23.1 Å². The van der Waals surface area contributed by atoms with Gasteiger partial charge < -0.3 is 15.4 Å². The highest BCUT2D eigenvalue weighted by molar-refractivity contribution is 5.94. The van der Waals surface area contributed by atoms with E-state index in [-0.39, 0.29) is 18.4 Å². The fourth-order valence-corrected chi connectivity index (χ4v) is 3.18. The first-order chi connectivity index (χ1) is 13.7. The number of anilines is 1. The summed E-state index contributed by atoms with van der Waals surface area (Å²) >= 11 is 0. The van der Waals surface area contributed by atoms with E-state index in [1.54, 1.807) is 6.07 Å². The van der Waals surface area contributed by atoms with Crippen molar-refractivity contribution in [2.75, 3.05) is 18.5 Å². The molecule has 0 saturated carbocycles. The number of rotatable bonds is 7. The second-order valence-electron chi connectivity index (χ2n) is 6.65. The topological polar surface area (TPSA) is 97.6 Å². The fourth-order valence-electron chi connectivity index (χ4n) is 3.18. The van der Waals surface area contributed by atoms with Gasteiger partial charge in [-0.05, 0) is 36.6 Å². The number of pyridine rings is 1. The molecule has 4 rings (SSSR count). The smallest absolute Gasteiger partial charge is 0.257 e. The minimum Gasteiger partial charge on any atom is -0.484 e. The van der Waals surface area contributed by atoms with Gasteiger partial charge in [0.05, 0.1) is 0 Å². The van der Waals surface area contributed by atoms with Crippen LogP contribution < -0.4 is 15.4 Å². The highest BCUT2D eigenvalue weighted by Crippen LogP contribution is 2.27. The average Bonchev–Trinajstić information content (AvgIpc) is 3.12. The lowest BCUT2D eigenvalue weighted by Crippen LogP contribution is -2.30. The molecule has 2 amide bonds. The molecule has 1 aliphatic heterocycles. The van der Waals surface area contributed by atoms with Gasteiger partial charge in [-0.1, -0.05) is 12.1 Å². The molecule has 0 aliphatic carbocycles. The first-order valence-corrected chi connectivity index (χ1v) is 9.30. The zero-order valence-electron chi connectivity index (χ0n) is 15.4. The maximum atomic E-state index is 12.0. The van der Waals surface area contributed by atoms with Crippen LogP contribution in [0.3, 0.4) is 0 Å². The Morgan fingerprint density at radius 1 is 1.21 bits per heavy atom. The third kappa shape index (κ3) is 4.11. The van der Waals surface area contributed by atoms with E-state index in [0.717, 1.165) is 42.0 Å². The van der Waals surface area contributed by atoms with E-state index in [1.165, 1.54) is 0 Å². The third-order valence-electron chi connectivity index (χ3n) is 4.63. The summed E-state index contributed by atoms with van der Waals surface area (Å²) in [7, 11) is 0. The van der Waals surface area contributed by atoms with Gasteiger partial charge in [-0.3, -0.25) is 14.0 Å². The maximum Gasteiger partial charge on any atom is 0.257 e. The minimum atomic E-state index is -0.187. The van der Waals surface area contributed by atoms with Crippen LogP contribution in [-0.4, -0.2) is 39.6 Å². The lowest BCUT2D eigenvalue weighted by molar-refractivity contribution is -0.123. The lowest BCUT2D eigenvalue weighted by Gasteiger charge is -2.17. The molecule has 1 aliphatic rings. The second-order valence-corrected chi connectivity index (χ2v) is 6.65. The first-order valence-electron chi connectivity index (χ1n) is 9.30. The highest BCUT2D eigenvalue weighted by Gasteiger charge is 2.15. The van der Waals surface area contributed by atoms with Crippen LogP contribution in [0.15, 0.2) is 42.6 Å². The van der Waals surface area contributed by atoms with Crippen molar-refractivity contribution in [3.8, 4) is 5.75 Å². The Bertz CT molecular complexity index is 1010. The van der Waals surface area contributed by atoms with E-state index in [4.69, 9.17) is 4.74 Å². The largest absolute Gasteiger partial charge is 0.484 e. The number of nitrogens with zero attached hydrogens (tertiary/aromatic N) is 3. The number of fused-ring (bicyclic) bond motifs is 2. The number of carbonyl (C=O) groups excluding carboxylic acids is 2. The Hall–Kier alpha value is -3.42. The number of hydrogen-bond acceptors (Lipinski definition) is 5. The van der Waals surface area contributed by atoms with Crippen LogP contribution in [0.1, 0.15) is 24.2 Å². The fraction of sp³-hybridized carbons (Fsp3) is 0.300. The molecule has 0 bridgehead atoms. The Morgan fingerprint density at radius 2 is 2.14 bits per heavy atom.